The van der Waals surface area contributed by atoms with E-state index in [2.05, 4.69) is 15.5 Å². The number of carbonyl (C=O) groups is 1. The standard InChI is InChI=1S/C20H33N3O/c24-20(18-4-2-6-23(18)12-17-3-1-5-21-17)22-19-15-8-13-7-14(10-15)11-16(19)9-13/h13-19,21H,1-12H2,(H,22,24)/t13?,14?,15?,16?,17-,18+,19?/m1/s1. The molecule has 24 heavy (non-hydrogen) atoms. The smallest absolute Gasteiger partial charge is 0.237 e. The van der Waals surface area contributed by atoms with Crippen molar-refractivity contribution in [1.29, 1.82) is 0 Å². The molecule has 4 saturated carbocycles. The van der Waals surface area contributed by atoms with E-state index in [-0.39, 0.29) is 6.04 Å². The van der Waals surface area contributed by atoms with Crippen LogP contribution in [0.25, 0.3) is 0 Å². The summed E-state index contributed by atoms with van der Waals surface area (Å²) in [6.07, 6.45) is 11.9. The van der Waals surface area contributed by atoms with Crippen molar-refractivity contribution in [1.82, 2.24) is 15.5 Å². The SMILES string of the molecule is O=C(NC1C2CC3CC(C2)CC1C3)[C@@H]1CCCN1C[C@H]1CCCN1. The number of hydrogen-bond donors (Lipinski definition) is 2. The summed E-state index contributed by atoms with van der Waals surface area (Å²) in [5, 5.41) is 7.15. The van der Waals surface area contributed by atoms with Crippen LogP contribution in [-0.2, 0) is 4.79 Å². The molecule has 2 atom stereocenters. The summed E-state index contributed by atoms with van der Waals surface area (Å²) in [5.74, 6) is 3.89. The molecule has 0 aromatic heterocycles. The summed E-state index contributed by atoms with van der Waals surface area (Å²) in [4.78, 5) is 15.5. The molecule has 4 aliphatic carbocycles. The molecule has 0 spiro atoms. The maximum atomic E-state index is 13.0. The number of hydrogen-bond acceptors (Lipinski definition) is 3. The predicted octanol–water partition coefficient (Wildman–Crippen LogP) is 2.14. The van der Waals surface area contributed by atoms with E-state index in [1.807, 2.05) is 0 Å². The van der Waals surface area contributed by atoms with E-state index in [1.165, 1.54) is 51.4 Å². The van der Waals surface area contributed by atoms with E-state index in [1.54, 1.807) is 0 Å². The van der Waals surface area contributed by atoms with Gasteiger partial charge in [-0.3, -0.25) is 9.69 Å². The highest BCUT2D eigenvalue weighted by Gasteiger charge is 2.49. The first kappa shape index (κ1) is 15.6. The highest BCUT2D eigenvalue weighted by Crippen LogP contribution is 2.53. The minimum Gasteiger partial charge on any atom is -0.351 e. The van der Waals surface area contributed by atoms with Gasteiger partial charge < -0.3 is 10.6 Å². The summed E-state index contributed by atoms with van der Waals surface area (Å²) >= 11 is 0. The lowest BCUT2D eigenvalue weighted by Crippen LogP contribution is -2.58. The molecule has 6 fully saturated rings. The second-order valence-corrected chi connectivity index (χ2v) is 9.41. The van der Waals surface area contributed by atoms with Gasteiger partial charge in [-0.15, -0.1) is 0 Å². The minimum absolute atomic E-state index is 0.143. The highest BCUT2D eigenvalue weighted by molar-refractivity contribution is 5.82. The minimum atomic E-state index is 0.143. The molecule has 6 rings (SSSR count). The maximum absolute atomic E-state index is 13.0. The fourth-order valence-corrected chi connectivity index (χ4v) is 6.96. The molecular formula is C20H33N3O. The van der Waals surface area contributed by atoms with E-state index < -0.39 is 0 Å². The largest absolute Gasteiger partial charge is 0.351 e. The van der Waals surface area contributed by atoms with Crippen LogP contribution in [0.2, 0.25) is 0 Å². The Bertz CT molecular complexity index is 459. The summed E-state index contributed by atoms with van der Waals surface area (Å²) in [5.41, 5.74) is 0. The molecule has 4 bridgehead atoms. The van der Waals surface area contributed by atoms with Gasteiger partial charge in [0.05, 0.1) is 6.04 Å². The molecule has 0 unspecified atom stereocenters. The molecule has 0 aromatic rings. The number of carbonyl (C=O) groups excluding carboxylic acids is 1. The Hall–Kier alpha value is -0.610. The van der Waals surface area contributed by atoms with Gasteiger partial charge in [-0.1, -0.05) is 0 Å². The zero-order valence-corrected chi connectivity index (χ0v) is 14.9. The normalized spacial score (nSPS) is 47.4. The van der Waals surface area contributed by atoms with E-state index in [9.17, 15) is 4.79 Å². The van der Waals surface area contributed by atoms with Gasteiger partial charge in [0.15, 0.2) is 0 Å². The molecule has 0 aromatic carbocycles. The Morgan fingerprint density at radius 3 is 2.42 bits per heavy atom. The zero-order chi connectivity index (χ0) is 16.1. The van der Waals surface area contributed by atoms with Crippen LogP contribution in [0.1, 0.15) is 57.8 Å². The van der Waals surface area contributed by atoms with Gasteiger partial charge >= 0.3 is 0 Å². The van der Waals surface area contributed by atoms with Crippen LogP contribution >= 0.6 is 0 Å². The fourth-order valence-electron chi connectivity index (χ4n) is 6.96. The maximum Gasteiger partial charge on any atom is 0.237 e. The third kappa shape index (κ3) is 2.80. The molecule has 2 aliphatic heterocycles. The van der Waals surface area contributed by atoms with Crippen molar-refractivity contribution in [2.24, 2.45) is 23.7 Å². The van der Waals surface area contributed by atoms with Crippen LogP contribution in [0.4, 0.5) is 0 Å². The lowest BCUT2D eigenvalue weighted by Gasteiger charge is -2.54. The van der Waals surface area contributed by atoms with Gasteiger partial charge in [0, 0.05) is 18.6 Å². The number of nitrogens with one attached hydrogen (secondary N) is 2. The molecule has 6 aliphatic rings. The molecule has 0 radical (unpaired) electrons. The number of amides is 1. The van der Waals surface area contributed by atoms with Gasteiger partial charge in [-0.2, -0.15) is 0 Å². The Kier molecular flexibility index (Phi) is 4.09. The molecule has 4 nitrogen and oxygen atoms in total. The summed E-state index contributed by atoms with van der Waals surface area (Å²) < 4.78 is 0. The van der Waals surface area contributed by atoms with Crippen molar-refractivity contribution in [3.63, 3.8) is 0 Å². The van der Waals surface area contributed by atoms with Crippen molar-refractivity contribution in [3.8, 4) is 0 Å². The van der Waals surface area contributed by atoms with Gasteiger partial charge in [0.25, 0.3) is 0 Å². The fraction of sp³-hybridized carbons (Fsp3) is 0.950. The average Bonchev–Trinajstić information content (AvgIpc) is 3.22. The third-order valence-corrected chi connectivity index (χ3v) is 7.82. The van der Waals surface area contributed by atoms with Crippen molar-refractivity contribution in [2.75, 3.05) is 19.6 Å². The molecule has 2 heterocycles. The first-order chi connectivity index (χ1) is 11.8. The number of nitrogens with zero attached hydrogens (tertiary/aromatic N) is 1. The second kappa shape index (κ2) is 6.28. The summed E-state index contributed by atoms with van der Waals surface area (Å²) in [7, 11) is 0. The van der Waals surface area contributed by atoms with Crippen LogP contribution in [0.15, 0.2) is 0 Å². The monoisotopic (exact) mass is 331 g/mol. The van der Waals surface area contributed by atoms with Crippen LogP contribution < -0.4 is 10.6 Å². The van der Waals surface area contributed by atoms with Gasteiger partial charge in [-0.25, -0.2) is 0 Å². The summed E-state index contributed by atoms with van der Waals surface area (Å²) in [6, 6.07) is 1.25. The van der Waals surface area contributed by atoms with E-state index in [4.69, 9.17) is 0 Å². The zero-order valence-electron chi connectivity index (χ0n) is 14.9. The highest BCUT2D eigenvalue weighted by atomic mass is 16.2. The van der Waals surface area contributed by atoms with Gasteiger partial charge in [0.2, 0.25) is 5.91 Å². The van der Waals surface area contributed by atoms with Crippen LogP contribution in [0, 0.1) is 23.7 Å². The van der Waals surface area contributed by atoms with Crippen molar-refractivity contribution >= 4 is 5.91 Å². The Balaban J connectivity index is 1.21. The second-order valence-electron chi connectivity index (χ2n) is 9.41. The lowest BCUT2D eigenvalue weighted by molar-refractivity contribution is -0.129. The topological polar surface area (TPSA) is 44.4 Å². The van der Waals surface area contributed by atoms with Crippen LogP contribution in [-0.4, -0.2) is 48.6 Å². The van der Waals surface area contributed by atoms with Crippen molar-refractivity contribution < 1.29 is 4.79 Å². The van der Waals surface area contributed by atoms with E-state index >= 15 is 0 Å². The van der Waals surface area contributed by atoms with Gasteiger partial charge in [-0.05, 0) is 94.5 Å². The molecule has 2 saturated heterocycles. The van der Waals surface area contributed by atoms with E-state index in [0.29, 0.717) is 18.0 Å². The Morgan fingerprint density at radius 1 is 1.00 bits per heavy atom. The molecule has 4 heteroatoms. The number of likely N-dealkylation sites (tertiary alicyclic amines) is 1. The van der Waals surface area contributed by atoms with E-state index in [0.717, 1.165) is 49.7 Å². The molecular weight excluding hydrogens is 298 g/mol. The quantitative estimate of drug-likeness (QED) is 0.830. The molecule has 2 N–H and O–H groups in total. The Morgan fingerprint density at radius 2 is 1.75 bits per heavy atom. The lowest BCUT2D eigenvalue weighted by atomic mass is 9.54. The van der Waals surface area contributed by atoms with Crippen molar-refractivity contribution in [2.45, 2.75) is 75.9 Å². The first-order valence-corrected chi connectivity index (χ1v) is 10.5. The molecule has 134 valence electrons. The predicted molar refractivity (Wildman–Crippen MR) is 94.6 cm³/mol. The van der Waals surface area contributed by atoms with Crippen LogP contribution in [0.3, 0.4) is 0 Å². The number of rotatable bonds is 4. The first-order valence-electron chi connectivity index (χ1n) is 10.5. The average molecular weight is 332 g/mol. The van der Waals surface area contributed by atoms with Gasteiger partial charge in [0.1, 0.15) is 0 Å². The Labute approximate surface area is 146 Å². The van der Waals surface area contributed by atoms with Crippen LogP contribution in [0.5, 0.6) is 0 Å². The summed E-state index contributed by atoms with van der Waals surface area (Å²) in [6.45, 7) is 3.33. The van der Waals surface area contributed by atoms with Crippen molar-refractivity contribution in [3.05, 3.63) is 0 Å². The third-order valence-electron chi connectivity index (χ3n) is 7.82. The molecule has 1 amide bonds.